The van der Waals surface area contributed by atoms with Gasteiger partial charge in [-0.25, -0.2) is 12.8 Å². The number of allylic oxidation sites excluding steroid dienone is 2. The van der Waals surface area contributed by atoms with Gasteiger partial charge in [0.25, 0.3) is 0 Å². The summed E-state index contributed by atoms with van der Waals surface area (Å²) in [6, 6.07) is 4.87. The average Bonchev–Trinajstić information content (AvgIpc) is 3.49. The first kappa shape index (κ1) is 21.4. The van der Waals surface area contributed by atoms with Gasteiger partial charge in [0.1, 0.15) is 0 Å². The second-order valence-electron chi connectivity index (χ2n) is 9.80. The Morgan fingerprint density at radius 3 is 2.54 bits per heavy atom. The smallest absolute Gasteiger partial charge is 0.165 e. The maximum atomic E-state index is 14.1. The van der Waals surface area contributed by atoms with E-state index in [9.17, 15) is 12.8 Å². The first-order valence-corrected chi connectivity index (χ1v) is 12.2. The standard InChI is InChI=1S/C23H33FO3S/c1-22(2,3)11-5-4-6-14-28(25,26)17-23(12-13-23)19-9-10-20(24)21(15-19)27-16-18-7-8-18/h4-5,9-10,15,18H,6-8,11-14,16-17H2,1-3H3/b5-4+. The zero-order chi connectivity index (χ0) is 20.4. The zero-order valence-corrected chi connectivity index (χ0v) is 18.2. The van der Waals surface area contributed by atoms with E-state index in [2.05, 4.69) is 26.8 Å². The monoisotopic (exact) mass is 408 g/mol. The van der Waals surface area contributed by atoms with Crippen molar-refractivity contribution in [3.8, 4) is 5.75 Å². The van der Waals surface area contributed by atoms with E-state index in [0.29, 0.717) is 18.9 Å². The van der Waals surface area contributed by atoms with Crippen molar-refractivity contribution in [2.24, 2.45) is 11.3 Å². The molecule has 2 aliphatic rings. The van der Waals surface area contributed by atoms with Crippen LogP contribution >= 0.6 is 0 Å². The summed E-state index contributed by atoms with van der Waals surface area (Å²) in [5.41, 5.74) is 0.751. The Balaban J connectivity index is 1.59. The number of rotatable bonds is 10. The fourth-order valence-corrected chi connectivity index (χ4v) is 5.34. The Hall–Kier alpha value is -1.36. The molecule has 0 unspecified atom stereocenters. The first-order chi connectivity index (χ1) is 13.1. The maximum Gasteiger partial charge on any atom is 0.165 e. The summed E-state index contributed by atoms with van der Waals surface area (Å²) in [6.07, 6.45) is 9.50. The summed E-state index contributed by atoms with van der Waals surface area (Å²) in [5, 5.41) is 0. The summed E-state index contributed by atoms with van der Waals surface area (Å²) in [4.78, 5) is 0. The van der Waals surface area contributed by atoms with Gasteiger partial charge in [-0.3, -0.25) is 0 Å². The average molecular weight is 409 g/mol. The lowest BCUT2D eigenvalue weighted by molar-refractivity contribution is 0.285. The molecule has 0 amide bonds. The van der Waals surface area contributed by atoms with Crippen molar-refractivity contribution >= 4 is 9.84 Å². The highest BCUT2D eigenvalue weighted by atomic mass is 32.2. The minimum absolute atomic E-state index is 0.140. The second kappa shape index (κ2) is 8.17. The molecule has 0 aliphatic heterocycles. The van der Waals surface area contributed by atoms with Gasteiger partial charge in [-0.15, -0.1) is 0 Å². The van der Waals surface area contributed by atoms with Crippen molar-refractivity contribution in [1.82, 2.24) is 0 Å². The molecule has 0 spiro atoms. The van der Waals surface area contributed by atoms with E-state index in [4.69, 9.17) is 4.74 Å². The fraction of sp³-hybridized carbons (Fsp3) is 0.652. The molecule has 3 rings (SSSR count). The number of hydrogen-bond acceptors (Lipinski definition) is 3. The molecular formula is C23H33FO3S. The predicted octanol–water partition coefficient (Wildman–Crippen LogP) is 5.44. The number of ether oxygens (including phenoxy) is 1. The molecule has 0 saturated heterocycles. The topological polar surface area (TPSA) is 43.4 Å². The molecular weight excluding hydrogens is 375 g/mol. The van der Waals surface area contributed by atoms with Crippen LogP contribution in [0.4, 0.5) is 4.39 Å². The highest BCUT2D eigenvalue weighted by molar-refractivity contribution is 7.91. The molecule has 2 saturated carbocycles. The molecule has 1 aromatic rings. The van der Waals surface area contributed by atoms with Gasteiger partial charge in [-0.05, 0) is 67.6 Å². The third-order valence-corrected chi connectivity index (χ3v) is 7.41. The lowest BCUT2D eigenvalue weighted by Crippen LogP contribution is -2.23. The Bertz CT molecular complexity index is 813. The molecule has 0 aromatic heterocycles. The summed E-state index contributed by atoms with van der Waals surface area (Å²) >= 11 is 0. The Kier molecular flexibility index (Phi) is 6.23. The quantitative estimate of drug-likeness (QED) is 0.484. The normalized spacial score (nSPS) is 19.1. The Labute approximate surface area is 169 Å². The minimum atomic E-state index is -3.17. The van der Waals surface area contributed by atoms with E-state index in [1.54, 1.807) is 12.1 Å². The van der Waals surface area contributed by atoms with Gasteiger partial charge in [0, 0.05) is 5.41 Å². The molecule has 0 bridgehead atoms. The Morgan fingerprint density at radius 1 is 1.21 bits per heavy atom. The summed E-state index contributed by atoms with van der Waals surface area (Å²) in [5.74, 6) is 0.748. The number of halogens is 1. The first-order valence-electron chi connectivity index (χ1n) is 10.4. The lowest BCUT2D eigenvalue weighted by Gasteiger charge is -2.17. The third kappa shape index (κ3) is 6.33. The van der Waals surface area contributed by atoms with Crippen molar-refractivity contribution in [3.63, 3.8) is 0 Å². The fourth-order valence-electron chi connectivity index (χ4n) is 3.40. The van der Waals surface area contributed by atoms with Crippen molar-refractivity contribution < 1.29 is 17.5 Å². The van der Waals surface area contributed by atoms with Gasteiger partial charge in [-0.2, -0.15) is 0 Å². The maximum absolute atomic E-state index is 14.1. The molecule has 156 valence electrons. The third-order valence-electron chi connectivity index (χ3n) is 5.56. The van der Waals surface area contributed by atoms with Gasteiger partial charge in [0.2, 0.25) is 0 Å². The highest BCUT2D eigenvalue weighted by Crippen LogP contribution is 2.50. The number of sulfone groups is 1. The molecule has 0 N–H and O–H groups in total. The van der Waals surface area contributed by atoms with Crippen molar-refractivity contribution in [2.45, 2.75) is 64.7 Å². The van der Waals surface area contributed by atoms with E-state index < -0.39 is 9.84 Å². The SMILES string of the molecule is CC(C)(C)C/C=C/CCS(=O)(=O)CC1(c2ccc(F)c(OCC3CC3)c2)CC1. The molecule has 2 fully saturated rings. The largest absolute Gasteiger partial charge is 0.490 e. The van der Waals surface area contributed by atoms with Gasteiger partial charge < -0.3 is 4.74 Å². The van der Waals surface area contributed by atoms with Crippen LogP contribution in [0.5, 0.6) is 5.75 Å². The van der Waals surface area contributed by atoms with Crippen LogP contribution in [0.15, 0.2) is 30.4 Å². The van der Waals surface area contributed by atoms with Crippen molar-refractivity contribution in [2.75, 3.05) is 18.1 Å². The van der Waals surface area contributed by atoms with Gasteiger partial charge in [0.05, 0.1) is 18.1 Å². The molecule has 1 aromatic carbocycles. The van der Waals surface area contributed by atoms with Crippen LogP contribution in [-0.4, -0.2) is 26.5 Å². The summed E-state index contributed by atoms with van der Waals surface area (Å²) in [6.45, 7) is 7.04. The molecule has 0 atom stereocenters. The van der Waals surface area contributed by atoms with Crippen LogP contribution in [0.1, 0.15) is 64.9 Å². The van der Waals surface area contributed by atoms with E-state index in [1.165, 1.54) is 6.07 Å². The predicted molar refractivity (Wildman–Crippen MR) is 112 cm³/mol. The number of hydrogen-bond donors (Lipinski definition) is 0. The van der Waals surface area contributed by atoms with Crippen LogP contribution in [0.25, 0.3) is 0 Å². The van der Waals surface area contributed by atoms with Gasteiger partial charge >= 0.3 is 0 Å². The van der Waals surface area contributed by atoms with Crippen molar-refractivity contribution in [3.05, 3.63) is 41.7 Å². The lowest BCUT2D eigenvalue weighted by atomic mass is 9.92. The zero-order valence-electron chi connectivity index (χ0n) is 17.3. The minimum Gasteiger partial charge on any atom is -0.490 e. The van der Waals surface area contributed by atoms with Crippen LogP contribution < -0.4 is 4.74 Å². The summed E-state index contributed by atoms with van der Waals surface area (Å²) in [7, 11) is -3.17. The van der Waals surface area contributed by atoms with Crippen molar-refractivity contribution in [1.29, 1.82) is 0 Å². The van der Waals surface area contributed by atoms with E-state index in [1.807, 2.05) is 6.08 Å². The molecule has 0 heterocycles. The van der Waals surface area contributed by atoms with Crippen LogP contribution in [0, 0.1) is 17.2 Å². The van der Waals surface area contributed by atoms with Gasteiger partial charge in [0.15, 0.2) is 21.4 Å². The number of benzene rings is 1. The summed E-state index contributed by atoms with van der Waals surface area (Å²) < 4.78 is 45.0. The van der Waals surface area contributed by atoms with Crippen LogP contribution in [-0.2, 0) is 15.3 Å². The van der Waals surface area contributed by atoms with Gasteiger partial charge in [-0.1, -0.05) is 39.0 Å². The van der Waals surface area contributed by atoms with E-state index >= 15 is 0 Å². The second-order valence-corrected chi connectivity index (χ2v) is 12.0. The molecule has 0 radical (unpaired) electrons. The Morgan fingerprint density at radius 2 is 1.93 bits per heavy atom. The highest BCUT2D eigenvalue weighted by Gasteiger charge is 2.47. The molecule has 3 nitrogen and oxygen atoms in total. The van der Waals surface area contributed by atoms with E-state index in [-0.39, 0.29) is 33.9 Å². The molecule has 5 heteroatoms. The van der Waals surface area contributed by atoms with Crippen LogP contribution in [0.3, 0.4) is 0 Å². The molecule has 2 aliphatic carbocycles. The van der Waals surface area contributed by atoms with E-state index in [0.717, 1.165) is 37.7 Å². The van der Waals surface area contributed by atoms with Crippen LogP contribution in [0.2, 0.25) is 0 Å². The molecule has 28 heavy (non-hydrogen) atoms.